The van der Waals surface area contributed by atoms with Gasteiger partial charge in [0, 0.05) is 31.4 Å². The molecule has 4 nitrogen and oxygen atoms in total. The van der Waals surface area contributed by atoms with Gasteiger partial charge in [0.25, 0.3) is 0 Å². The van der Waals surface area contributed by atoms with Crippen molar-refractivity contribution < 1.29 is 4.79 Å². The Kier molecular flexibility index (Phi) is 3.71. The van der Waals surface area contributed by atoms with Gasteiger partial charge in [0.05, 0.1) is 6.54 Å². The predicted molar refractivity (Wildman–Crippen MR) is 55.5 cm³/mol. The maximum absolute atomic E-state index is 11.5. The fourth-order valence-electron chi connectivity index (χ4n) is 1.24. The Morgan fingerprint density at radius 3 is 2.93 bits per heavy atom. The highest BCUT2D eigenvalue weighted by Crippen LogP contribution is 2.02. The molecule has 0 spiro atoms. The van der Waals surface area contributed by atoms with E-state index < -0.39 is 0 Å². The molecule has 0 aliphatic rings. The molecule has 0 aliphatic heterocycles. The molecule has 1 aromatic heterocycles. The van der Waals surface area contributed by atoms with Crippen molar-refractivity contribution in [3.05, 3.63) is 24.0 Å². The van der Waals surface area contributed by atoms with E-state index in [1.165, 1.54) is 0 Å². The minimum atomic E-state index is -0.0754. The van der Waals surface area contributed by atoms with Crippen LogP contribution in [0.1, 0.15) is 19.0 Å². The predicted octanol–water partition coefficient (Wildman–Crippen LogP) is 0.710. The molecule has 3 N–H and O–H groups in total. The average Bonchev–Trinajstić information content (AvgIpc) is 2.55. The summed E-state index contributed by atoms with van der Waals surface area (Å²) in [6, 6.07) is 3.79. The number of nitrogens with two attached hydrogens (primary N) is 1. The highest BCUT2D eigenvalue weighted by molar-refractivity contribution is 5.76. The standard InChI is InChI=1S/C10H17N3O/c1-8(11)6-10(14)13(2)7-9-4-3-5-12-9/h3-5,8,12H,6-7,11H2,1-2H3. The van der Waals surface area contributed by atoms with Gasteiger partial charge in [-0.2, -0.15) is 0 Å². The van der Waals surface area contributed by atoms with Crippen LogP contribution < -0.4 is 5.73 Å². The summed E-state index contributed by atoms with van der Waals surface area (Å²) in [7, 11) is 1.78. The number of hydrogen-bond donors (Lipinski definition) is 2. The smallest absolute Gasteiger partial charge is 0.224 e. The third kappa shape index (κ3) is 3.22. The summed E-state index contributed by atoms with van der Waals surface area (Å²) in [6.45, 7) is 2.44. The van der Waals surface area contributed by atoms with Gasteiger partial charge in [-0.1, -0.05) is 0 Å². The van der Waals surface area contributed by atoms with Crippen molar-refractivity contribution in [1.29, 1.82) is 0 Å². The molecule has 78 valence electrons. The van der Waals surface area contributed by atoms with Gasteiger partial charge in [-0.25, -0.2) is 0 Å². The molecular formula is C10H17N3O. The number of hydrogen-bond acceptors (Lipinski definition) is 2. The highest BCUT2D eigenvalue weighted by atomic mass is 16.2. The van der Waals surface area contributed by atoms with Crippen LogP contribution in [-0.4, -0.2) is 28.9 Å². The number of rotatable bonds is 4. The molecule has 1 atom stereocenters. The molecule has 1 unspecified atom stereocenters. The number of carbonyl (C=O) groups excluding carboxylic acids is 1. The maximum Gasteiger partial charge on any atom is 0.224 e. The monoisotopic (exact) mass is 195 g/mol. The normalized spacial score (nSPS) is 12.5. The second kappa shape index (κ2) is 4.81. The van der Waals surface area contributed by atoms with Crippen molar-refractivity contribution in [2.75, 3.05) is 7.05 Å². The van der Waals surface area contributed by atoms with Crippen molar-refractivity contribution in [3.8, 4) is 0 Å². The Balaban J connectivity index is 2.42. The summed E-state index contributed by atoms with van der Waals surface area (Å²) >= 11 is 0. The summed E-state index contributed by atoms with van der Waals surface area (Å²) < 4.78 is 0. The average molecular weight is 195 g/mol. The van der Waals surface area contributed by atoms with E-state index >= 15 is 0 Å². The van der Waals surface area contributed by atoms with E-state index in [1.807, 2.05) is 25.3 Å². The lowest BCUT2D eigenvalue weighted by Crippen LogP contribution is -2.31. The molecule has 1 heterocycles. The largest absolute Gasteiger partial charge is 0.364 e. The number of amides is 1. The maximum atomic E-state index is 11.5. The van der Waals surface area contributed by atoms with Crippen LogP contribution >= 0.6 is 0 Å². The molecule has 0 radical (unpaired) electrons. The number of aromatic amines is 1. The van der Waals surface area contributed by atoms with Gasteiger partial charge in [-0.3, -0.25) is 4.79 Å². The van der Waals surface area contributed by atoms with E-state index in [1.54, 1.807) is 11.9 Å². The van der Waals surface area contributed by atoms with E-state index in [4.69, 9.17) is 5.73 Å². The van der Waals surface area contributed by atoms with Crippen molar-refractivity contribution in [2.45, 2.75) is 25.9 Å². The van der Waals surface area contributed by atoms with Gasteiger partial charge < -0.3 is 15.6 Å². The molecule has 14 heavy (non-hydrogen) atoms. The van der Waals surface area contributed by atoms with Gasteiger partial charge in [0.1, 0.15) is 0 Å². The van der Waals surface area contributed by atoms with Crippen LogP contribution in [0.2, 0.25) is 0 Å². The van der Waals surface area contributed by atoms with E-state index in [0.717, 1.165) is 5.69 Å². The molecule has 0 bridgehead atoms. The molecule has 0 saturated carbocycles. The van der Waals surface area contributed by atoms with Crippen molar-refractivity contribution in [2.24, 2.45) is 5.73 Å². The number of carbonyl (C=O) groups is 1. The molecule has 0 aliphatic carbocycles. The molecular weight excluding hydrogens is 178 g/mol. The van der Waals surface area contributed by atoms with E-state index in [9.17, 15) is 4.79 Å². The van der Waals surface area contributed by atoms with Crippen molar-refractivity contribution in [3.63, 3.8) is 0 Å². The first-order valence-electron chi connectivity index (χ1n) is 4.71. The fraction of sp³-hybridized carbons (Fsp3) is 0.500. The molecule has 4 heteroatoms. The SMILES string of the molecule is CC(N)CC(=O)N(C)Cc1ccc[nH]1. The lowest BCUT2D eigenvalue weighted by molar-refractivity contribution is -0.130. The first kappa shape index (κ1) is 10.8. The second-order valence-electron chi connectivity index (χ2n) is 3.63. The topological polar surface area (TPSA) is 62.1 Å². The summed E-state index contributed by atoms with van der Waals surface area (Å²) in [5, 5.41) is 0. The summed E-state index contributed by atoms with van der Waals surface area (Å²) in [5.41, 5.74) is 6.58. The fourth-order valence-corrected chi connectivity index (χ4v) is 1.24. The zero-order chi connectivity index (χ0) is 10.6. The zero-order valence-electron chi connectivity index (χ0n) is 8.66. The van der Waals surface area contributed by atoms with Crippen LogP contribution in [0.15, 0.2) is 18.3 Å². The highest BCUT2D eigenvalue weighted by Gasteiger charge is 2.11. The number of nitrogens with zero attached hydrogens (tertiary/aromatic N) is 1. The summed E-state index contributed by atoms with van der Waals surface area (Å²) in [5.74, 6) is 0.0783. The number of nitrogens with one attached hydrogen (secondary N) is 1. The minimum Gasteiger partial charge on any atom is -0.364 e. The third-order valence-electron chi connectivity index (χ3n) is 1.99. The quantitative estimate of drug-likeness (QED) is 0.743. The minimum absolute atomic E-state index is 0.0754. The third-order valence-corrected chi connectivity index (χ3v) is 1.99. The zero-order valence-corrected chi connectivity index (χ0v) is 8.66. The lowest BCUT2D eigenvalue weighted by Gasteiger charge is -2.17. The Hall–Kier alpha value is -1.29. The van der Waals surface area contributed by atoms with Crippen LogP contribution in [0.3, 0.4) is 0 Å². The van der Waals surface area contributed by atoms with Crippen molar-refractivity contribution >= 4 is 5.91 Å². The molecule has 1 rings (SSSR count). The van der Waals surface area contributed by atoms with E-state index in [0.29, 0.717) is 13.0 Å². The van der Waals surface area contributed by atoms with Gasteiger partial charge >= 0.3 is 0 Å². The van der Waals surface area contributed by atoms with Crippen LogP contribution in [-0.2, 0) is 11.3 Å². The molecule has 0 saturated heterocycles. The van der Waals surface area contributed by atoms with Gasteiger partial charge in [0.2, 0.25) is 5.91 Å². The number of aromatic nitrogens is 1. The summed E-state index contributed by atoms with van der Waals surface area (Å²) in [4.78, 5) is 16.2. The van der Waals surface area contributed by atoms with Crippen LogP contribution in [0, 0.1) is 0 Å². The number of H-pyrrole nitrogens is 1. The first-order chi connectivity index (χ1) is 6.59. The molecule has 1 amide bonds. The molecule has 0 aromatic carbocycles. The lowest BCUT2D eigenvalue weighted by atomic mass is 10.2. The van der Waals surface area contributed by atoms with E-state index in [2.05, 4.69) is 4.98 Å². The molecule has 1 aromatic rings. The van der Waals surface area contributed by atoms with Gasteiger partial charge in [0.15, 0.2) is 0 Å². The molecule has 0 fully saturated rings. The summed E-state index contributed by atoms with van der Waals surface area (Å²) in [6.07, 6.45) is 2.25. The second-order valence-corrected chi connectivity index (χ2v) is 3.63. The van der Waals surface area contributed by atoms with Crippen LogP contribution in [0.25, 0.3) is 0 Å². The Bertz CT molecular complexity index is 280. The van der Waals surface area contributed by atoms with Crippen molar-refractivity contribution in [1.82, 2.24) is 9.88 Å². The Morgan fingerprint density at radius 2 is 2.43 bits per heavy atom. The van der Waals surface area contributed by atoms with E-state index in [-0.39, 0.29) is 11.9 Å². The van der Waals surface area contributed by atoms with Crippen LogP contribution in [0.5, 0.6) is 0 Å². The Morgan fingerprint density at radius 1 is 1.71 bits per heavy atom. The Labute approximate surface area is 84.1 Å². The first-order valence-corrected chi connectivity index (χ1v) is 4.71. The van der Waals surface area contributed by atoms with Gasteiger partial charge in [-0.15, -0.1) is 0 Å². The van der Waals surface area contributed by atoms with Gasteiger partial charge in [-0.05, 0) is 19.1 Å². The van der Waals surface area contributed by atoms with Crippen LogP contribution in [0.4, 0.5) is 0 Å².